The number of carbonyl (C=O) groups excluding carboxylic acids is 3. The SMILES string of the molecule is CC(=O)N/C(=C\c1ccccc1C)C(=O)Nc1ccccc1C(=O)NC(C)c1ccccc1. The van der Waals surface area contributed by atoms with E-state index in [0.29, 0.717) is 11.3 Å². The lowest BCUT2D eigenvalue weighted by Gasteiger charge is -2.17. The number of hydrogen-bond acceptors (Lipinski definition) is 3. The van der Waals surface area contributed by atoms with E-state index in [9.17, 15) is 14.4 Å². The number of benzene rings is 3. The van der Waals surface area contributed by atoms with E-state index in [1.807, 2.05) is 68.4 Å². The third kappa shape index (κ3) is 6.40. The van der Waals surface area contributed by atoms with Crippen LogP contribution in [0.15, 0.2) is 84.6 Å². The van der Waals surface area contributed by atoms with E-state index in [1.54, 1.807) is 30.3 Å². The van der Waals surface area contributed by atoms with Crippen molar-refractivity contribution in [2.45, 2.75) is 26.8 Å². The van der Waals surface area contributed by atoms with E-state index >= 15 is 0 Å². The molecule has 3 aromatic rings. The van der Waals surface area contributed by atoms with Crippen LogP contribution in [0, 0.1) is 6.92 Å². The number of aryl methyl sites for hydroxylation is 1. The number of carbonyl (C=O) groups is 3. The van der Waals surface area contributed by atoms with E-state index in [-0.39, 0.29) is 23.6 Å². The lowest BCUT2D eigenvalue weighted by atomic mass is 10.1. The van der Waals surface area contributed by atoms with Crippen LogP contribution in [0.4, 0.5) is 5.69 Å². The molecule has 0 spiro atoms. The Morgan fingerprint density at radius 1 is 0.848 bits per heavy atom. The van der Waals surface area contributed by atoms with Crippen LogP contribution in [0.3, 0.4) is 0 Å². The second-order valence-corrected chi connectivity index (χ2v) is 7.70. The Balaban J connectivity index is 1.83. The normalized spacial score (nSPS) is 11.9. The minimum atomic E-state index is -0.523. The first kappa shape index (κ1) is 23.5. The lowest BCUT2D eigenvalue weighted by molar-refractivity contribution is -0.120. The average molecular weight is 442 g/mol. The second-order valence-electron chi connectivity index (χ2n) is 7.70. The monoisotopic (exact) mass is 441 g/mol. The third-order valence-corrected chi connectivity index (χ3v) is 5.11. The standard InChI is InChI=1S/C27H27N3O3/c1-18-11-7-8-14-22(18)17-25(29-20(3)31)27(33)30-24-16-10-9-15-23(24)26(32)28-19(2)21-12-5-4-6-13-21/h4-17,19H,1-3H3,(H,28,32)(H,29,31)(H,30,33)/b25-17-. The van der Waals surface area contributed by atoms with Crippen LogP contribution in [-0.2, 0) is 9.59 Å². The van der Waals surface area contributed by atoms with Crippen LogP contribution >= 0.6 is 0 Å². The van der Waals surface area contributed by atoms with Gasteiger partial charge in [0.15, 0.2) is 0 Å². The van der Waals surface area contributed by atoms with E-state index < -0.39 is 5.91 Å². The number of nitrogens with one attached hydrogen (secondary N) is 3. The Kier molecular flexibility index (Phi) is 7.76. The number of anilines is 1. The second kappa shape index (κ2) is 10.9. The van der Waals surface area contributed by atoms with Crippen molar-refractivity contribution in [3.05, 3.63) is 107 Å². The van der Waals surface area contributed by atoms with Crippen LogP contribution in [0.1, 0.15) is 46.9 Å². The van der Waals surface area contributed by atoms with Crippen LogP contribution in [0.5, 0.6) is 0 Å². The van der Waals surface area contributed by atoms with Gasteiger partial charge in [-0.25, -0.2) is 0 Å². The topological polar surface area (TPSA) is 87.3 Å². The minimum absolute atomic E-state index is 0.0877. The molecule has 0 aliphatic heterocycles. The zero-order chi connectivity index (χ0) is 23.8. The maximum absolute atomic E-state index is 13.1. The van der Waals surface area contributed by atoms with Gasteiger partial charge in [0.05, 0.1) is 17.3 Å². The van der Waals surface area contributed by atoms with Gasteiger partial charge in [0.1, 0.15) is 5.70 Å². The predicted molar refractivity (Wildman–Crippen MR) is 130 cm³/mol. The van der Waals surface area contributed by atoms with Gasteiger partial charge in [-0.05, 0) is 48.7 Å². The number of hydrogen-bond donors (Lipinski definition) is 3. The zero-order valence-corrected chi connectivity index (χ0v) is 18.9. The number of amides is 3. The summed E-state index contributed by atoms with van der Waals surface area (Å²) >= 11 is 0. The molecule has 0 aliphatic carbocycles. The molecule has 0 heterocycles. The molecule has 0 aliphatic rings. The van der Waals surface area contributed by atoms with Crippen molar-refractivity contribution in [3.8, 4) is 0 Å². The summed E-state index contributed by atoms with van der Waals surface area (Å²) in [6.07, 6.45) is 1.62. The quantitative estimate of drug-likeness (QED) is 0.468. The number of para-hydroxylation sites is 1. The number of rotatable bonds is 7. The van der Waals surface area contributed by atoms with Gasteiger partial charge >= 0.3 is 0 Å². The smallest absolute Gasteiger partial charge is 0.272 e. The van der Waals surface area contributed by atoms with Crippen LogP contribution < -0.4 is 16.0 Å². The minimum Gasteiger partial charge on any atom is -0.345 e. The average Bonchev–Trinajstić information content (AvgIpc) is 2.80. The Bertz CT molecular complexity index is 1190. The van der Waals surface area contributed by atoms with Gasteiger partial charge in [0.2, 0.25) is 5.91 Å². The van der Waals surface area contributed by atoms with Gasteiger partial charge in [-0.15, -0.1) is 0 Å². The summed E-state index contributed by atoms with van der Waals surface area (Å²) in [5.74, 6) is -1.20. The molecule has 3 amide bonds. The van der Waals surface area contributed by atoms with Gasteiger partial charge in [-0.3, -0.25) is 14.4 Å². The molecule has 3 rings (SSSR count). The Morgan fingerprint density at radius 2 is 1.48 bits per heavy atom. The molecule has 3 N–H and O–H groups in total. The van der Waals surface area contributed by atoms with Crippen LogP contribution in [-0.4, -0.2) is 17.7 Å². The molecule has 3 aromatic carbocycles. The third-order valence-electron chi connectivity index (χ3n) is 5.11. The fraction of sp³-hybridized carbons (Fsp3) is 0.148. The molecule has 0 fully saturated rings. The molecule has 1 atom stereocenters. The molecule has 6 heteroatoms. The molecule has 6 nitrogen and oxygen atoms in total. The highest BCUT2D eigenvalue weighted by Crippen LogP contribution is 2.19. The van der Waals surface area contributed by atoms with Gasteiger partial charge in [-0.2, -0.15) is 0 Å². The molecule has 0 radical (unpaired) electrons. The van der Waals surface area contributed by atoms with Crippen molar-refractivity contribution in [3.63, 3.8) is 0 Å². The van der Waals surface area contributed by atoms with Crippen molar-refractivity contribution in [2.75, 3.05) is 5.32 Å². The van der Waals surface area contributed by atoms with E-state index in [1.165, 1.54) is 6.92 Å². The summed E-state index contributed by atoms with van der Waals surface area (Å²) < 4.78 is 0. The Hall–Kier alpha value is -4.19. The summed E-state index contributed by atoms with van der Waals surface area (Å²) in [6, 6.07) is 23.7. The molecule has 1 unspecified atom stereocenters. The molecule has 33 heavy (non-hydrogen) atoms. The molecule has 0 bridgehead atoms. The zero-order valence-electron chi connectivity index (χ0n) is 18.9. The van der Waals surface area contributed by atoms with E-state index in [4.69, 9.17) is 0 Å². The lowest BCUT2D eigenvalue weighted by Crippen LogP contribution is -2.31. The first-order valence-corrected chi connectivity index (χ1v) is 10.7. The highest BCUT2D eigenvalue weighted by atomic mass is 16.2. The molecule has 0 aromatic heterocycles. The molecule has 168 valence electrons. The molecule has 0 saturated heterocycles. The van der Waals surface area contributed by atoms with Gasteiger partial charge in [0.25, 0.3) is 11.8 Å². The fourth-order valence-electron chi connectivity index (χ4n) is 3.33. The molecular weight excluding hydrogens is 414 g/mol. The summed E-state index contributed by atoms with van der Waals surface area (Å²) in [7, 11) is 0. The van der Waals surface area contributed by atoms with Gasteiger partial charge in [-0.1, -0.05) is 66.7 Å². The highest BCUT2D eigenvalue weighted by Gasteiger charge is 2.18. The van der Waals surface area contributed by atoms with Crippen molar-refractivity contribution in [1.29, 1.82) is 0 Å². The largest absolute Gasteiger partial charge is 0.345 e. The van der Waals surface area contributed by atoms with Crippen LogP contribution in [0.2, 0.25) is 0 Å². The van der Waals surface area contributed by atoms with Crippen molar-refractivity contribution in [2.24, 2.45) is 0 Å². The predicted octanol–water partition coefficient (Wildman–Crippen LogP) is 4.60. The summed E-state index contributed by atoms with van der Waals surface area (Å²) in [5, 5.41) is 8.31. The summed E-state index contributed by atoms with van der Waals surface area (Å²) in [6.45, 7) is 5.16. The summed E-state index contributed by atoms with van der Waals surface area (Å²) in [4.78, 5) is 37.7. The van der Waals surface area contributed by atoms with Crippen molar-refractivity contribution in [1.82, 2.24) is 10.6 Å². The fourth-order valence-corrected chi connectivity index (χ4v) is 3.33. The molecule has 0 saturated carbocycles. The Morgan fingerprint density at radius 3 is 2.18 bits per heavy atom. The van der Waals surface area contributed by atoms with E-state index in [2.05, 4.69) is 16.0 Å². The van der Waals surface area contributed by atoms with Gasteiger partial charge in [0, 0.05) is 6.92 Å². The van der Waals surface area contributed by atoms with E-state index in [0.717, 1.165) is 16.7 Å². The highest BCUT2D eigenvalue weighted by molar-refractivity contribution is 6.11. The first-order valence-electron chi connectivity index (χ1n) is 10.7. The van der Waals surface area contributed by atoms with Crippen molar-refractivity contribution >= 4 is 29.5 Å². The van der Waals surface area contributed by atoms with Crippen molar-refractivity contribution < 1.29 is 14.4 Å². The Labute approximate surface area is 193 Å². The molecular formula is C27H27N3O3. The van der Waals surface area contributed by atoms with Gasteiger partial charge < -0.3 is 16.0 Å². The maximum Gasteiger partial charge on any atom is 0.272 e. The van der Waals surface area contributed by atoms with Crippen LogP contribution in [0.25, 0.3) is 6.08 Å². The first-order chi connectivity index (χ1) is 15.8. The maximum atomic E-state index is 13.1. The summed E-state index contributed by atoms with van der Waals surface area (Å²) in [5.41, 5.74) is 3.50.